The summed E-state index contributed by atoms with van der Waals surface area (Å²) in [6.07, 6.45) is -1.67. The molecule has 28 heavy (non-hydrogen) atoms. The average Bonchev–Trinajstić information content (AvgIpc) is 2.68. The number of carbonyl (C=O) groups excluding carboxylic acids is 3. The van der Waals surface area contributed by atoms with Gasteiger partial charge in [0.15, 0.2) is 0 Å². The number of hydroxylamine groups is 2. The van der Waals surface area contributed by atoms with Crippen molar-refractivity contribution >= 4 is 18.3 Å². The minimum Gasteiger partial charge on any atom is -0.332 e. The monoisotopic (exact) mass is 395 g/mol. The van der Waals surface area contributed by atoms with Gasteiger partial charge in [0.25, 0.3) is 0 Å². The quantitative estimate of drug-likeness (QED) is 0.578. The molecule has 1 atom stereocenters. The summed E-state index contributed by atoms with van der Waals surface area (Å²) in [7, 11) is 0. The highest BCUT2D eigenvalue weighted by atomic mass is 17.2. The first-order valence-electron chi connectivity index (χ1n) is 9.32. The van der Waals surface area contributed by atoms with Crippen molar-refractivity contribution in [3.8, 4) is 0 Å². The smallest absolute Gasteiger partial charge is 0.332 e. The number of amides is 3. The third kappa shape index (κ3) is 6.04. The molecule has 9 heteroatoms. The van der Waals surface area contributed by atoms with Crippen LogP contribution in [0.2, 0.25) is 0 Å². The molecule has 0 spiro atoms. The number of aryl methyl sites for hydroxylation is 2. The van der Waals surface area contributed by atoms with E-state index >= 15 is 0 Å². The fourth-order valence-corrected chi connectivity index (χ4v) is 2.95. The summed E-state index contributed by atoms with van der Waals surface area (Å²) in [6, 6.07) is 5.91. The zero-order chi connectivity index (χ0) is 21.3. The van der Waals surface area contributed by atoms with Gasteiger partial charge >= 0.3 is 18.3 Å². The molecule has 0 radical (unpaired) electrons. The number of primary amides is 1. The lowest BCUT2D eigenvalue weighted by Crippen LogP contribution is -2.42. The Morgan fingerprint density at radius 3 is 2.21 bits per heavy atom. The molecule has 156 valence electrons. The normalized spacial score (nSPS) is 11.3. The molecule has 0 heterocycles. The number of benzene rings is 1. The van der Waals surface area contributed by atoms with Crippen LogP contribution in [0.25, 0.3) is 0 Å². The number of carbonyl (C=O) groups is 3. The van der Waals surface area contributed by atoms with Gasteiger partial charge < -0.3 is 10.6 Å². The second-order valence-corrected chi connectivity index (χ2v) is 6.07. The molecule has 0 fully saturated rings. The maximum Gasteiger partial charge on any atom is 0.485 e. The van der Waals surface area contributed by atoms with Gasteiger partial charge in [-0.3, -0.25) is 4.90 Å². The lowest BCUT2D eigenvalue weighted by Gasteiger charge is -2.32. The summed E-state index contributed by atoms with van der Waals surface area (Å²) in [5.41, 5.74) is 8.08. The SMILES string of the molecule is CCc1cc(C)ccc1C(CC)N(CC)C(=O)ON(CC)C(=O)OOC(N)=O. The highest BCUT2D eigenvalue weighted by Gasteiger charge is 2.29. The Morgan fingerprint density at radius 2 is 1.71 bits per heavy atom. The topological polar surface area (TPSA) is 111 Å². The van der Waals surface area contributed by atoms with Crippen LogP contribution >= 0.6 is 0 Å². The Morgan fingerprint density at radius 1 is 1.04 bits per heavy atom. The predicted molar refractivity (Wildman–Crippen MR) is 102 cm³/mol. The minimum atomic E-state index is -1.29. The molecule has 9 nitrogen and oxygen atoms in total. The third-order valence-electron chi connectivity index (χ3n) is 4.25. The Kier molecular flexibility index (Phi) is 9.07. The second-order valence-electron chi connectivity index (χ2n) is 6.07. The molecule has 0 aliphatic heterocycles. The molecule has 0 saturated heterocycles. The van der Waals surface area contributed by atoms with E-state index in [-0.39, 0.29) is 12.6 Å². The number of rotatable bonds is 6. The third-order valence-corrected chi connectivity index (χ3v) is 4.25. The zero-order valence-corrected chi connectivity index (χ0v) is 17.1. The van der Waals surface area contributed by atoms with Gasteiger partial charge in [-0.1, -0.05) is 37.6 Å². The standard InChI is InChI=1S/C19H29N3O6/c1-6-14-12-13(5)10-11-15(14)16(7-2)21(8-3)18(24)26-22(9-4)19(25)28-27-17(20)23/h10-12,16H,6-9H2,1-5H3,(H2,20,23). The van der Waals surface area contributed by atoms with Crippen molar-refractivity contribution in [1.29, 1.82) is 0 Å². The molecule has 3 amide bonds. The van der Waals surface area contributed by atoms with E-state index in [1.807, 2.05) is 32.9 Å². The first-order valence-corrected chi connectivity index (χ1v) is 9.32. The summed E-state index contributed by atoms with van der Waals surface area (Å²) >= 11 is 0. The van der Waals surface area contributed by atoms with Crippen molar-refractivity contribution in [3.05, 3.63) is 34.9 Å². The van der Waals surface area contributed by atoms with E-state index in [0.29, 0.717) is 18.0 Å². The Hall–Kier alpha value is -2.97. The van der Waals surface area contributed by atoms with Gasteiger partial charge in [0.05, 0.1) is 12.6 Å². The molecule has 1 aromatic carbocycles. The first kappa shape index (κ1) is 23.1. The molecule has 0 aliphatic carbocycles. The average molecular weight is 395 g/mol. The Balaban J connectivity index is 3.01. The maximum atomic E-state index is 12.7. The maximum absolute atomic E-state index is 12.7. The number of hydrogen-bond acceptors (Lipinski definition) is 6. The van der Waals surface area contributed by atoms with Gasteiger partial charge in [0, 0.05) is 6.54 Å². The zero-order valence-electron chi connectivity index (χ0n) is 17.1. The summed E-state index contributed by atoms with van der Waals surface area (Å²) < 4.78 is 0. The van der Waals surface area contributed by atoms with E-state index in [9.17, 15) is 14.4 Å². The van der Waals surface area contributed by atoms with Crippen molar-refractivity contribution < 1.29 is 29.0 Å². The van der Waals surface area contributed by atoms with Gasteiger partial charge in [0.2, 0.25) is 0 Å². The lowest BCUT2D eigenvalue weighted by atomic mass is 9.94. The highest BCUT2D eigenvalue weighted by molar-refractivity contribution is 5.73. The molecular weight excluding hydrogens is 366 g/mol. The van der Waals surface area contributed by atoms with Crippen molar-refractivity contribution in [1.82, 2.24) is 9.96 Å². The lowest BCUT2D eigenvalue weighted by molar-refractivity contribution is -0.212. The molecule has 0 bridgehead atoms. The van der Waals surface area contributed by atoms with Crippen LogP contribution in [0.5, 0.6) is 0 Å². The fraction of sp³-hybridized carbons (Fsp3) is 0.526. The van der Waals surface area contributed by atoms with Crippen LogP contribution in [0.4, 0.5) is 14.4 Å². The molecule has 0 aromatic heterocycles. The minimum absolute atomic E-state index is 0.00815. The van der Waals surface area contributed by atoms with E-state index in [4.69, 9.17) is 10.6 Å². The molecule has 1 unspecified atom stereocenters. The number of nitrogens with two attached hydrogens (primary N) is 1. The summed E-state index contributed by atoms with van der Waals surface area (Å²) in [6.45, 7) is 9.83. The molecule has 1 rings (SSSR count). The second kappa shape index (κ2) is 11.0. The van der Waals surface area contributed by atoms with Crippen molar-refractivity contribution in [2.45, 2.75) is 53.5 Å². The summed E-state index contributed by atoms with van der Waals surface area (Å²) in [5, 5.41) is 0.649. The van der Waals surface area contributed by atoms with Crippen LogP contribution in [-0.2, 0) is 21.0 Å². The van der Waals surface area contributed by atoms with E-state index in [0.717, 1.165) is 23.1 Å². The first-order chi connectivity index (χ1) is 13.3. The molecular formula is C19H29N3O6. The van der Waals surface area contributed by atoms with E-state index in [1.54, 1.807) is 6.92 Å². The summed E-state index contributed by atoms with van der Waals surface area (Å²) in [5.74, 6) is 0. The van der Waals surface area contributed by atoms with Gasteiger partial charge in [-0.2, -0.15) is 0 Å². The van der Waals surface area contributed by atoms with E-state index in [2.05, 4.69) is 22.8 Å². The van der Waals surface area contributed by atoms with Crippen LogP contribution in [0.15, 0.2) is 18.2 Å². The number of nitrogens with zero attached hydrogens (tertiary/aromatic N) is 2. The number of hydrogen-bond donors (Lipinski definition) is 1. The molecule has 0 aliphatic rings. The Bertz CT molecular complexity index is 694. The highest BCUT2D eigenvalue weighted by Crippen LogP contribution is 2.29. The summed E-state index contributed by atoms with van der Waals surface area (Å²) in [4.78, 5) is 50.0. The van der Waals surface area contributed by atoms with Gasteiger partial charge in [-0.15, -0.1) is 5.06 Å². The van der Waals surface area contributed by atoms with Crippen LogP contribution in [0.1, 0.15) is 56.8 Å². The fourth-order valence-electron chi connectivity index (χ4n) is 2.95. The van der Waals surface area contributed by atoms with Gasteiger partial charge in [0.1, 0.15) is 0 Å². The van der Waals surface area contributed by atoms with Crippen LogP contribution in [0.3, 0.4) is 0 Å². The predicted octanol–water partition coefficient (Wildman–Crippen LogP) is 3.85. The largest absolute Gasteiger partial charge is 0.485 e. The van der Waals surface area contributed by atoms with Crippen molar-refractivity contribution in [3.63, 3.8) is 0 Å². The van der Waals surface area contributed by atoms with Crippen LogP contribution in [-0.4, -0.2) is 41.3 Å². The van der Waals surface area contributed by atoms with Crippen molar-refractivity contribution in [2.24, 2.45) is 5.73 Å². The van der Waals surface area contributed by atoms with E-state index in [1.165, 1.54) is 4.90 Å². The van der Waals surface area contributed by atoms with Gasteiger partial charge in [-0.05, 0) is 44.7 Å². The van der Waals surface area contributed by atoms with Crippen molar-refractivity contribution in [2.75, 3.05) is 13.1 Å². The Labute approximate surface area is 165 Å². The van der Waals surface area contributed by atoms with Crippen LogP contribution in [0, 0.1) is 6.92 Å². The molecule has 0 saturated carbocycles. The van der Waals surface area contributed by atoms with Gasteiger partial charge in [-0.25, -0.2) is 24.2 Å². The van der Waals surface area contributed by atoms with Crippen LogP contribution < -0.4 is 5.73 Å². The molecule has 2 N–H and O–H groups in total. The molecule has 1 aromatic rings. The van der Waals surface area contributed by atoms with E-state index < -0.39 is 18.3 Å².